The minimum Gasteiger partial charge on any atom is -0.349 e. The molecule has 41 heavy (non-hydrogen) atoms. The van der Waals surface area contributed by atoms with Crippen LogP contribution >= 0.6 is 7.82 Å². The Morgan fingerprint density at radius 2 is 1.34 bits per heavy atom. The van der Waals surface area contributed by atoms with E-state index in [4.69, 9.17) is 18.3 Å². The molecule has 11 heteroatoms. The quantitative estimate of drug-likeness (QED) is 0.0943. The summed E-state index contributed by atoms with van der Waals surface area (Å²) in [6.45, 7) is 6.11. The highest BCUT2D eigenvalue weighted by Crippen LogP contribution is 2.50. The third kappa shape index (κ3) is 14.1. The number of aryl methyl sites for hydroxylation is 1. The van der Waals surface area contributed by atoms with Crippen LogP contribution in [0.3, 0.4) is 0 Å². The highest BCUT2D eigenvalue weighted by molar-refractivity contribution is 7.48. The van der Waals surface area contributed by atoms with Gasteiger partial charge in [-0.3, -0.25) is 27.9 Å². The molecule has 238 valence electrons. The van der Waals surface area contributed by atoms with Gasteiger partial charge in [-0.1, -0.05) is 104 Å². The first kappa shape index (κ1) is 35.9. The number of unbranched alkanes of at least 4 members (excludes halogenated alkanes) is 14. The molecule has 0 spiro atoms. The number of hydrogen-bond acceptors (Lipinski definition) is 7. The second-order valence-electron chi connectivity index (χ2n) is 11.2. The van der Waals surface area contributed by atoms with Gasteiger partial charge in [0, 0.05) is 18.2 Å². The minimum atomic E-state index is -3.92. The Balaban J connectivity index is 1.84. The lowest BCUT2D eigenvalue weighted by Crippen LogP contribution is -2.33. The van der Waals surface area contributed by atoms with Crippen molar-refractivity contribution in [2.75, 3.05) is 19.8 Å². The Kier molecular flexibility index (Phi) is 18.0. The lowest BCUT2D eigenvalue weighted by molar-refractivity contribution is -0.0385. The van der Waals surface area contributed by atoms with Crippen molar-refractivity contribution in [2.45, 2.75) is 148 Å². The fourth-order valence-electron chi connectivity index (χ4n) is 4.91. The van der Waals surface area contributed by atoms with Crippen LogP contribution in [0, 0.1) is 6.92 Å². The van der Waals surface area contributed by atoms with Gasteiger partial charge in [-0.15, -0.1) is 0 Å². The van der Waals surface area contributed by atoms with Crippen molar-refractivity contribution in [1.82, 2.24) is 9.55 Å². The van der Waals surface area contributed by atoms with Gasteiger partial charge in [-0.05, 0) is 19.8 Å². The van der Waals surface area contributed by atoms with Gasteiger partial charge in [0.2, 0.25) is 0 Å². The minimum absolute atomic E-state index is 0.0953. The summed E-state index contributed by atoms with van der Waals surface area (Å²) in [7, 11) is -3.92. The first-order valence-corrected chi connectivity index (χ1v) is 17.4. The third-order valence-corrected chi connectivity index (χ3v) is 8.97. The van der Waals surface area contributed by atoms with Gasteiger partial charge in [0.15, 0.2) is 0 Å². The normalized spacial score (nSPS) is 19.3. The smallest absolute Gasteiger partial charge is 0.349 e. The van der Waals surface area contributed by atoms with Gasteiger partial charge in [0.1, 0.15) is 18.5 Å². The Labute approximate surface area is 245 Å². The van der Waals surface area contributed by atoms with Crippen LogP contribution in [0.5, 0.6) is 0 Å². The number of halogens is 1. The molecule has 0 amide bonds. The fourth-order valence-corrected chi connectivity index (χ4v) is 6.17. The zero-order chi connectivity index (χ0) is 29.9. The van der Waals surface area contributed by atoms with Crippen molar-refractivity contribution in [2.24, 2.45) is 0 Å². The molecule has 2 rings (SSSR count). The van der Waals surface area contributed by atoms with Gasteiger partial charge in [0.05, 0.1) is 19.8 Å². The number of aromatic nitrogens is 2. The zero-order valence-corrected chi connectivity index (χ0v) is 26.5. The van der Waals surface area contributed by atoms with E-state index in [2.05, 4.69) is 18.8 Å². The number of alkyl halides is 1. The van der Waals surface area contributed by atoms with Crippen molar-refractivity contribution in [3.05, 3.63) is 32.6 Å². The molecule has 1 aliphatic rings. The van der Waals surface area contributed by atoms with E-state index in [1.807, 2.05) is 0 Å². The number of ether oxygens (including phenoxy) is 1. The predicted octanol–water partition coefficient (Wildman–Crippen LogP) is 7.91. The third-order valence-electron chi connectivity index (χ3n) is 7.51. The molecule has 0 aliphatic carbocycles. The van der Waals surface area contributed by atoms with Gasteiger partial charge in [0.25, 0.3) is 5.56 Å². The van der Waals surface area contributed by atoms with Gasteiger partial charge in [-0.2, -0.15) is 0 Å². The number of rotatable bonds is 24. The van der Waals surface area contributed by atoms with Crippen LogP contribution in [-0.4, -0.2) is 41.6 Å². The van der Waals surface area contributed by atoms with E-state index >= 15 is 0 Å². The number of hydrogen-bond donors (Lipinski definition) is 1. The molecule has 0 radical (unpaired) electrons. The summed E-state index contributed by atoms with van der Waals surface area (Å²) in [6, 6.07) is 0. The van der Waals surface area contributed by atoms with Crippen LogP contribution in [0.15, 0.2) is 15.8 Å². The van der Waals surface area contributed by atoms with Crippen LogP contribution in [0.4, 0.5) is 4.39 Å². The van der Waals surface area contributed by atoms with E-state index in [0.29, 0.717) is 5.56 Å². The molecule has 1 N–H and O–H groups in total. The van der Waals surface area contributed by atoms with Crippen LogP contribution in [-0.2, 0) is 22.9 Å². The van der Waals surface area contributed by atoms with Gasteiger partial charge < -0.3 is 4.74 Å². The van der Waals surface area contributed by atoms with Crippen LogP contribution in [0.25, 0.3) is 0 Å². The van der Waals surface area contributed by atoms with Crippen LogP contribution in [0.1, 0.15) is 135 Å². The zero-order valence-electron chi connectivity index (χ0n) is 25.6. The maximum Gasteiger partial charge on any atom is 0.474 e. The Morgan fingerprint density at radius 1 is 0.854 bits per heavy atom. The molecule has 1 saturated heterocycles. The maximum atomic E-state index is 14.9. The Morgan fingerprint density at radius 3 is 1.85 bits per heavy atom. The molecule has 1 aromatic heterocycles. The molecule has 9 nitrogen and oxygen atoms in total. The monoisotopic (exact) mass is 604 g/mol. The molecule has 0 unspecified atom stereocenters. The average molecular weight is 605 g/mol. The number of nitrogens with zero attached hydrogens (tertiary/aromatic N) is 1. The van der Waals surface area contributed by atoms with Gasteiger partial charge >= 0.3 is 13.5 Å². The molecular weight excluding hydrogens is 550 g/mol. The first-order chi connectivity index (χ1) is 19.8. The van der Waals surface area contributed by atoms with Crippen molar-refractivity contribution in [3.63, 3.8) is 0 Å². The Hall–Kier alpha value is -1.32. The number of phosphoric ester groups is 1. The molecular formula is C30H54FN2O7P. The summed E-state index contributed by atoms with van der Waals surface area (Å²) in [5.74, 6) is 0. The van der Waals surface area contributed by atoms with Crippen molar-refractivity contribution >= 4 is 7.82 Å². The van der Waals surface area contributed by atoms with E-state index in [1.54, 1.807) is 6.92 Å². The molecule has 0 saturated carbocycles. The van der Waals surface area contributed by atoms with Crippen molar-refractivity contribution in [3.8, 4) is 0 Å². The molecule has 1 fully saturated rings. The molecule has 2 heterocycles. The number of aromatic amines is 1. The maximum absolute atomic E-state index is 14.9. The fraction of sp³-hybridized carbons (Fsp3) is 0.867. The van der Waals surface area contributed by atoms with Crippen LogP contribution in [0.2, 0.25) is 0 Å². The standard InChI is InChI=1S/C30H54FN2O7P/c1-4-6-8-10-12-14-16-18-20-37-41(36,38-21-19-17-15-13-11-9-7-5-2)39-24-27-26(31)22-28(40-27)33-23-25(3)29(34)32-30(33)35/h23,26-28H,4-22,24H2,1-3H3,(H,32,34,35)/t26-,27+,28+/m0/s1. The van der Waals surface area contributed by atoms with E-state index in [9.17, 15) is 18.5 Å². The molecule has 1 aromatic rings. The number of nitrogens with one attached hydrogen (secondary N) is 1. The molecule has 3 atom stereocenters. The summed E-state index contributed by atoms with van der Waals surface area (Å²) in [4.78, 5) is 26.1. The summed E-state index contributed by atoms with van der Waals surface area (Å²) < 4.78 is 52.1. The van der Waals surface area contributed by atoms with E-state index in [-0.39, 0.29) is 26.2 Å². The number of phosphoric acid groups is 1. The lowest BCUT2D eigenvalue weighted by Gasteiger charge is -2.21. The van der Waals surface area contributed by atoms with Gasteiger partial charge in [-0.25, -0.2) is 13.8 Å². The largest absolute Gasteiger partial charge is 0.474 e. The van der Waals surface area contributed by atoms with Crippen molar-refractivity contribution in [1.29, 1.82) is 0 Å². The second-order valence-corrected chi connectivity index (χ2v) is 12.9. The highest BCUT2D eigenvalue weighted by atomic mass is 31.2. The Bertz CT molecular complexity index is 976. The first-order valence-electron chi connectivity index (χ1n) is 15.9. The summed E-state index contributed by atoms with van der Waals surface area (Å²) in [5.41, 5.74) is -0.854. The molecule has 1 aliphatic heterocycles. The summed E-state index contributed by atoms with van der Waals surface area (Å²) >= 11 is 0. The van der Waals surface area contributed by atoms with E-state index < -0.39 is 37.6 Å². The second kappa shape index (κ2) is 20.6. The van der Waals surface area contributed by atoms with E-state index in [1.165, 1.54) is 75.0 Å². The average Bonchev–Trinajstić information content (AvgIpc) is 3.32. The topological polar surface area (TPSA) is 109 Å². The number of H-pyrrole nitrogens is 1. The van der Waals surface area contributed by atoms with E-state index in [0.717, 1.165) is 38.5 Å². The van der Waals surface area contributed by atoms with Crippen LogP contribution < -0.4 is 11.2 Å². The van der Waals surface area contributed by atoms with Crippen molar-refractivity contribution < 1.29 is 27.3 Å². The molecule has 0 aromatic carbocycles. The lowest BCUT2D eigenvalue weighted by atomic mass is 10.1. The predicted molar refractivity (Wildman–Crippen MR) is 160 cm³/mol. The summed E-state index contributed by atoms with van der Waals surface area (Å²) in [5, 5.41) is 0. The highest BCUT2D eigenvalue weighted by Gasteiger charge is 2.39. The SMILES string of the molecule is CCCCCCCCCCOP(=O)(OCCCCCCCCCC)OC[C@H]1O[C@@H](n2cc(C)c(=O)[nH]c2=O)C[C@@H]1F. The summed E-state index contributed by atoms with van der Waals surface area (Å²) in [6.07, 6.45) is 15.8. The molecule has 0 bridgehead atoms.